The molecule has 19 heavy (non-hydrogen) atoms. The van der Waals surface area contributed by atoms with Crippen molar-refractivity contribution in [3.8, 4) is 11.5 Å². The van der Waals surface area contributed by atoms with Crippen molar-refractivity contribution in [1.82, 2.24) is 0 Å². The molecule has 0 saturated heterocycles. The van der Waals surface area contributed by atoms with Crippen molar-refractivity contribution in [3.05, 3.63) is 36.4 Å². The Balaban J connectivity index is 2.53. The number of phenolic OH excluding ortho intramolecular Hbond substituents is 1. The zero-order valence-corrected chi connectivity index (χ0v) is 13.9. The van der Waals surface area contributed by atoms with E-state index in [4.69, 9.17) is 8.85 Å². The Labute approximate surface area is 119 Å². The van der Waals surface area contributed by atoms with E-state index >= 15 is 0 Å². The van der Waals surface area contributed by atoms with Crippen LogP contribution in [0.15, 0.2) is 30.9 Å². The summed E-state index contributed by atoms with van der Waals surface area (Å²) in [6.45, 7) is 8.18. The van der Waals surface area contributed by atoms with E-state index in [9.17, 15) is 5.11 Å². The Morgan fingerprint density at radius 1 is 1.42 bits per heavy atom. The van der Waals surface area contributed by atoms with Crippen molar-refractivity contribution in [2.45, 2.75) is 31.6 Å². The lowest BCUT2D eigenvalue weighted by molar-refractivity contribution is 0.373. The molecule has 0 unspecified atom stereocenters. The first kappa shape index (κ1) is 16.0. The third-order valence-electron chi connectivity index (χ3n) is 2.84. The number of methoxy groups -OCH3 is 1. The summed E-state index contributed by atoms with van der Waals surface area (Å²) in [4.78, 5) is 0. The monoisotopic (exact) mass is 294 g/mol. The van der Waals surface area contributed by atoms with Crippen molar-refractivity contribution in [2.24, 2.45) is 0 Å². The molecule has 5 heteroatoms. The van der Waals surface area contributed by atoms with E-state index in [1.165, 1.54) is 5.56 Å². The molecule has 0 aliphatic heterocycles. The molecular weight excluding hydrogens is 272 g/mol. The summed E-state index contributed by atoms with van der Waals surface area (Å²) in [6.07, 6.45) is 2.85. The van der Waals surface area contributed by atoms with Gasteiger partial charge >= 0.3 is 0 Å². The standard InChI is InChI=1S/C14H22O3Si2/c1-5-9-18-17-19(3,4)10-8-12-6-7-13(15)14(11-12)16-2/h5-7,11,15H,1,8-10H2,2-4H3. The summed E-state index contributed by atoms with van der Waals surface area (Å²) in [5.41, 5.74) is 1.17. The fourth-order valence-corrected chi connectivity index (χ4v) is 4.98. The van der Waals surface area contributed by atoms with Crippen LogP contribution in [-0.4, -0.2) is 30.3 Å². The second kappa shape index (κ2) is 7.52. The number of aromatic hydroxyl groups is 1. The molecular formula is C14H22O3Si2. The van der Waals surface area contributed by atoms with Gasteiger partial charge in [0, 0.05) is 0 Å². The van der Waals surface area contributed by atoms with Crippen LogP contribution in [0.5, 0.6) is 11.5 Å². The lowest BCUT2D eigenvalue weighted by Gasteiger charge is -2.22. The average Bonchev–Trinajstić information content (AvgIpc) is 2.38. The molecule has 0 saturated carbocycles. The van der Waals surface area contributed by atoms with Gasteiger partial charge in [-0.05, 0) is 49.3 Å². The molecule has 0 bridgehead atoms. The number of phenols is 1. The van der Waals surface area contributed by atoms with Gasteiger partial charge in [0.15, 0.2) is 19.8 Å². The molecule has 1 N–H and O–H groups in total. The summed E-state index contributed by atoms with van der Waals surface area (Å²) in [6, 6.07) is 7.51. The van der Waals surface area contributed by atoms with Gasteiger partial charge in [-0.3, -0.25) is 0 Å². The molecule has 0 spiro atoms. The number of aryl methyl sites for hydroxylation is 1. The van der Waals surface area contributed by atoms with E-state index in [1.807, 2.05) is 18.2 Å². The summed E-state index contributed by atoms with van der Waals surface area (Å²) < 4.78 is 11.1. The van der Waals surface area contributed by atoms with E-state index in [1.54, 1.807) is 13.2 Å². The summed E-state index contributed by atoms with van der Waals surface area (Å²) >= 11 is 0. The number of benzene rings is 1. The normalized spacial score (nSPS) is 11.3. The average molecular weight is 294 g/mol. The molecule has 2 radical (unpaired) electrons. The Bertz CT molecular complexity index is 419. The number of hydrogen-bond acceptors (Lipinski definition) is 3. The van der Waals surface area contributed by atoms with Gasteiger partial charge in [0.1, 0.15) is 0 Å². The van der Waals surface area contributed by atoms with Crippen molar-refractivity contribution in [2.75, 3.05) is 7.11 Å². The van der Waals surface area contributed by atoms with Crippen LogP contribution in [0.25, 0.3) is 0 Å². The van der Waals surface area contributed by atoms with Crippen LogP contribution in [0.3, 0.4) is 0 Å². The Morgan fingerprint density at radius 3 is 2.79 bits per heavy atom. The predicted molar refractivity (Wildman–Crippen MR) is 82.5 cm³/mol. The highest BCUT2D eigenvalue weighted by atomic mass is 28.4. The molecule has 0 amide bonds. The van der Waals surface area contributed by atoms with Crippen LogP contribution in [0.1, 0.15) is 5.56 Å². The SMILES string of the molecule is C=CC[Si]O[Si](C)(C)CCc1ccc(O)c(OC)c1. The van der Waals surface area contributed by atoms with Gasteiger partial charge < -0.3 is 14.0 Å². The molecule has 1 rings (SSSR count). The third-order valence-corrected chi connectivity index (χ3v) is 7.53. The predicted octanol–water partition coefficient (Wildman–Crippen LogP) is 3.39. The van der Waals surface area contributed by atoms with E-state index in [0.29, 0.717) is 15.5 Å². The van der Waals surface area contributed by atoms with Gasteiger partial charge in [0.25, 0.3) is 0 Å². The molecule has 0 aliphatic rings. The summed E-state index contributed by atoms with van der Waals surface area (Å²) in [7, 11) is 0.489. The molecule has 0 atom stereocenters. The maximum Gasteiger partial charge on any atom is 0.219 e. The lowest BCUT2D eigenvalue weighted by Crippen LogP contribution is -2.32. The first-order valence-electron chi connectivity index (χ1n) is 6.36. The second-order valence-electron chi connectivity index (χ2n) is 5.01. The molecule has 0 aliphatic carbocycles. The number of allylic oxidation sites excluding steroid dienone is 1. The molecule has 1 aromatic carbocycles. The van der Waals surface area contributed by atoms with Gasteiger partial charge in [0.05, 0.1) is 7.11 Å². The number of rotatable bonds is 8. The molecule has 104 valence electrons. The first-order valence-corrected chi connectivity index (χ1v) is 10.6. The van der Waals surface area contributed by atoms with Gasteiger partial charge in [-0.1, -0.05) is 12.1 Å². The molecule has 0 fully saturated rings. The zero-order chi connectivity index (χ0) is 14.3. The third kappa shape index (κ3) is 5.63. The number of hydrogen-bond donors (Lipinski definition) is 1. The highest BCUT2D eigenvalue weighted by molar-refractivity contribution is 6.75. The summed E-state index contributed by atoms with van der Waals surface area (Å²) in [5.74, 6) is 0.720. The van der Waals surface area contributed by atoms with Crippen molar-refractivity contribution in [1.29, 1.82) is 0 Å². The number of ether oxygens (including phenoxy) is 1. The fourth-order valence-electron chi connectivity index (χ4n) is 1.67. The van der Waals surface area contributed by atoms with Crippen LogP contribution in [-0.2, 0) is 10.5 Å². The second-order valence-corrected chi connectivity index (χ2v) is 10.5. The van der Waals surface area contributed by atoms with Crippen LogP contribution in [0, 0.1) is 0 Å². The van der Waals surface area contributed by atoms with E-state index in [0.717, 1.165) is 18.5 Å². The van der Waals surface area contributed by atoms with Crippen LogP contribution in [0.2, 0.25) is 25.2 Å². The lowest BCUT2D eigenvalue weighted by atomic mass is 10.1. The van der Waals surface area contributed by atoms with E-state index in [2.05, 4.69) is 19.7 Å². The molecule has 1 aromatic rings. The maximum atomic E-state index is 9.56. The Kier molecular flexibility index (Phi) is 6.34. The van der Waals surface area contributed by atoms with Gasteiger partial charge in [-0.15, -0.1) is 6.58 Å². The highest BCUT2D eigenvalue weighted by Crippen LogP contribution is 2.27. The van der Waals surface area contributed by atoms with Crippen molar-refractivity contribution < 1.29 is 14.0 Å². The Morgan fingerprint density at radius 2 is 2.16 bits per heavy atom. The minimum atomic E-state index is -1.60. The largest absolute Gasteiger partial charge is 0.504 e. The Hall–Kier alpha value is -1.05. The van der Waals surface area contributed by atoms with Gasteiger partial charge in [0.2, 0.25) is 9.76 Å². The molecule has 0 heterocycles. The van der Waals surface area contributed by atoms with Crippen molar-refractivity contribution >= 4 is 18.1 Å². The zero-order valence-electron chi connectivity index (χ0n) is 11.9. The van der Waals surface area contributed by atoms with E-state index < -0.39 is 8.32 Å². The van der Waals surface area contributed by atoms with Crippen molar-refractivity contribution in [3.63, 3.8) is 0 Å². The van der Waals surface area contributed by atoms with E-state index in [-0.39, 0.29) is 5.75 Å². The quantitative estimate of drug-likeness (QED) is 0.454. The van der Waals surface area contributed by atoms with Crippen LogP contribution >= 0.6 is 0 Å². The molecule has 3 nitrogen and oxygen atoms in total. The van der Waals surface area contributed by atoms with Crippen LogP contribution in [0.4, 0.5) is 0 Å². The first-order chi connectivity index (χ1) is 8.98. The smallest absolute Gasteiger partial charge is 0.219 e. The minimum absolute atomic E-state index is 0.187. The molecule has 0 aromatic heterocycles. The highest BCUT2D eigenvalue weighted by Gasteiger charge is 2.21. The van der Waals surface area contributed by atoms with Gasteiger partial charge in [-0.2, -0.15) is 0 Å². The summed E-state index contributed by atoms with van der Waals surface area (Å²) in [5, 5.41) is 9.56. The van der Waals surface area contributed by atoms with Gasteiger partial charge in [-0.25, -0.2) is 0 Å². The minimum Gasteiger partial charge on any atom is -0.504 e. The van der Waals surface area contributed by atoms with Crippen LogP contribution < -0.4 is 4.74 Å². The maximum absolute atomic E-state index is 9.56. The topological polar surface area (TPSA) is 38.7 Å². The fraction of sp³-hybridized carbons (Fsp3) is 0.429.